The number of aromatic nitrogens is 2. The van der Waals surface area contributed by atoms with E-state index in [9.17, 15) is 5.26 Å². The van der Waals surface area contributed by atoms with Crippen LogP contribution in [0.25, 0.3) is 22.7 Å². The molecule has 0 atom stereocenters. The maximum absolute atomic E-state index is 9.60. The zero-order valence-corrected chi connectivity index (χ0v) is 14.3. The van der Waals surface area contributed by atoms with Crippen molar-refractivity contribution in [3.05, 3.63) is 59.4 Å². The van der Waals surface area contributed by atoms with Crippen LogP contribution in [0.5, 0.6) is 0 Å². The number of aryl methyl sites for hydroxylation is 1. The normalized spacial score (nSPS) is 14.9. The zero-order chi connectivity index (χ0) is 17.2. The summed E-state index contributed by atoms with van der Waals surface area (Å²) in [4.78, 5) is 10.2. The zero-order valence-electron chi connectivity index (χ0n) is 14.3. The first-order valence-corrected chi connectivity index (χ1v) is 8.67. The van der Waals surface area contributed by atoms with Crippen molar-refractivity contribution in [1.29, 1.82) is 5.26 Å². The highest BCUT2D eigenvalue weighted by molar-refractivity contribution is 5.90. The Labute approximate surface area is 147 Å². The number of rotatable bonds is 3. The molecule has 4 nitrogen and oxygen atoms in total. The van der Waals surface area contributed by atoms with Gasteiger partial charge >= 0.3 is 0 Å². The largest absolute Gasteiger partial charge is 0.372 e. The summed E-state index contributed by atoms with van der Waals surface area (Å²) in [6, 6.07) is 16.6. The van der Waals surface area contributed by atoms with Gasteiger partial charge in [-0.15, -0.1) is 0 Å². The summed E-state index contributed by atoms with van der Waals surface area (Å²) in [6.45, 7) is 4.37. The number of imidazole rings is 1. The lowest BCUT2D eigenvalue weighted by Crippen LogP contribution is -2.17. The van der Waals surface area contributed by atoms with Gasteiger partial charge in [0.15, 0.2) is 0 Å². The van der Waals surface area contributed by atoms with Crippen LogP contribution in [0, 0.1) is 18.3 Å². The highest BCUT2D eigenvalue weighted by Crippen LogP contribution is 2.26. The minimum Gasteiger partial charge on any atom is -0.372 e. The molecule has 0 aliphatic carbocycles. The van der Waals surface area contributed by atoms with Crippen LogP contribution >= 0.6 is 0 Å². The fraction of sp³-hybridized carbons (Fsp3) is 0.238. The Morgan fingerprint density at radius 3 is 2.72 bits per heavy atom. The molecular weight excluding hydrogens is 308 g/mol. The first-order chi connectivity index (χ1) is 12.2. The van der Waals surface area contributed by atoms with Crippen LogP contribution in [0.3, 0.4) is 0 Å². The van der Waals surface area contributed by atoms with E-state index in [1.165, 1.54) is 24.1 Å². The molecule has 1 N–H and O–H groups in total. The number of H-pyrrole nitrogens is 1. The second-order valence-corrected chi connectivity index (χ2v) is 6.51. The van der Waals surface area contributed by atoms with Gasteiger partial charge in [-0.05, 0) is 61.2 Å². The standard InChI is InChI=1S/C21H20N4/c1-15-12-18(25-10-4-5-11-25)9-8-16(15)13-17(14-22)21-23-19-6-2-3-7-20(19)24-21/h2-3,6-9,12-13H,4-5,10-11H2,1H3,(H,23,24)/b17-13+. The van der Waals surface area contributed by atoms with E-state index in [1.807, 2.05) is 30.3 Å². The molecule has 0 saturated carbocycles. The molecule has 2 heterocycles. The topological polar surface area (TPSA) is 55.7 Å². The number of nitriles is 1. The maximum Gasteiger partial charge on any atom is 0.149 e. The van der Waals surface area contributed by atoms with E-state index in [0.717, 1.165) is 29.7 Å². The third-order valence-electron chi connectivity index (χ3n) is 4.79. The lowest BCUT2D eigenvalue weighted by atomic mass is 10.0. The summed E-state index contributed by atoms with van der Waals surface area (Å²) in [7, 11) is 0. The van der Waals surface area contributed by atoms with Gasteiger partial charge in [0.1, 0.15) is 11.9 Å². The molecule has 0 radical (unpaired) electrons. The van der Waals surface area contributed by atoms with E-state index in [0.29, 0.717) is 11.4 Å². The van der Waals surface area contributed by atoms with Crippen LogP contribution in [0.1, 0.15) is 29.8 Å². The van der Waals surface area contributed by atoms with Gasteiger partial charge in [-0.1, -0.05) is 18.2 Å². The van der Waals surface area contributed by atoms with Crippen molar-refractivity contribution in [3.8, 4) is 6.07 Å². The lowest BCUT2D eigenvalue weighted by molar-refractivity contribution is 0.949. The number of nitrogens with one attached hydrogen (secondary N) is 1. The summed E-state index contributed by atoms with van der Waals surface area (Å²) in [5, 5.41) is 9.60. The third kappa shape index (κ3) is 3.01. The number of aromatic amines is 1. The van der Waals surface area contributed by atoms with Crippen molar-refractivity contribution in [3.63, 3.8) is 0 Å². The van der Waals surface area contributed by atoms with Crippen LogP contribution in [-0.2, 0) is 0 Å². The number of nitrogens with zero attached hydrogens (tertiary/aromatic N) is 3. The number of fused-ring (bicyclic) bond motifs is 1. The highest BCUT2D eigenvalue weighted by atomic mass is 15.1. The third-order valence-corrected chi connectivity index (χ3v) is 4.79. The Bertz CT molecular complexity index is 952. The average Bonchev–Trinajstić information content (AvgIpc) is 3.30. The predicted molar refractivity (Wildman–Crippen MR) is 102 cm³/mol. The van der Waals surface area contributed by atoms with Crippen LogP contribution < -0.4 is 4.90 Å². The molecule has 1 aliphatic rings. The molecule has 0 bridgehead atoms. The van der Waals surface area contributed by atoms with Crippen molar-refractivity contribution in [2.24, 2.45) is 0 Å². The summed E-state index contributed by atoms with van der Waals surface area (Å²) in [5.74, 6) is 0.617. The molecule has 4 heteroatoms. The van der Waals surface area contributed by atoms with Crippen molar-refractivity contribution in [2.45, 2.75) is 19.8 Å². The summed E-state index contributed by atoms with van der Waals surface area (Å²) in [6.07, 6.45) is 4.46. The van der Waals surface area contributed by atoms with Crippen LogP contribution in [0.2, 0.25) is 0 Å². The second kappa shape index (κ2) is 6.45. The molecule has 1 aromatic heterocycles. The molecule has 2 aromatic carbocycles. The number of allylic oxidation sites excluding steroid dienone is 1. The van der Waals surface area contributed by atoms with Gasteiger partial charge < -0.3 is 9.88 Å². The summed E-state index contributed by atoms with van der Waals surface area (Å²) >= 11 is 0. The second-order valence-electron chi connectivity index (χ2n) is 6.51. The molecule has 124 valence electrons. The smallest absolute Gasteiger partial charge is 0.149 e. The summed E-state index contributed by atoms with van der Waals surface area (Å²) in [5.41, 5.74) is 5.87. The number of para-hydroxylation sites is 2. The molecular formula is C21H20N4. The first-order valence-electron chi connectivity index (χ1n) is 8.67. The molecule has 1 saturated heterocycles. The maximum atomic E-state index is 9.60. The first kappa shape index (κ1) is 15.5. The SMILES string of the molecule is Cc1cc(N2CCCC2)ccc1/C=C(\C#N)c1nc2ccccc2[nH]1. The van der Waals surface area contributed by atoms with Gasteiger partial charge in [0.25, 0.3) is 0 Å². The monoisotopic (exact) mass is 328 g/mol. The van der Waals surface area contributed by atoms with Gasteiger partial charge in [0.2, 0.25) is 0 Å². The van der Waals surface area contributed by atoms with Gasteiger partial charge in [-0.3, -0.25) is 0 Å². The van der Waals surface area contributed by atoms with E-state index in [4.69, 9.17) is 0 Å². The van der Waals surface area contributed by atoms with Crippen molar-refractivity contribution in [2.75, 3.05) is 18.0 Å². The number of anilines is 1. The Morgan fingerprint density at radius 2 is 2.00 bits per heavy atom. The van der Waals surface area contributed by atoms with Gasteiger partial charge in [0.05, 0.1) is 16.6 Å². The number of hydrogen-bond acceptors (Lipinski definition) is 3. The van der Waals surface area contributed by atoms with Crippen LogP contribution in [-0.4, -0.2) is 23.1 Å². The van der Waals surface area contributed by atoms with Gasteiger partial charge in [0, 0.05) is 18.8 Å². The van der Waals surface area contributed by atoms with E-state index < -0.39 is 0 Å². The van der Waals surface area contributed by atoms with Crippen molar-refractivity contribution >= 4 is 28.4 Å². The number of benzene rings is 2. The molecule has 3 aromatic rings. The Kier molecular flexibility index (Phi) is 3.99. The van der Waals surface area contributed by atoms with Crippen molar-refractivity contribution in [1.82, 2.24) is 9.97 Å². The van der Waals surface area contributed by atoms with Gasteiger partial charge in [-0.2, -0.15) is 5.26 Å². The van der Waals surface area contributed by atoms with E-state index in [1.54, 1.807) is 0 Å². The van der Waals surface area contributed by atoms with E-state index in [2.05, 4.69) is 46.1 Å². The summed E-state index contributed by atoms with van der Waals surface area (Å²) < 4.78 is 0. The predicted octanol–water partition coefficient (Wildman–Crippen LogP) is 4.54. The molecule has 0 unspecified atom stereocenters. The van der Waals surface area contributed by atoms with Gasteiger partial charge in [-0.25, -0.2) is 4.98 Å². The fourth-order valence-electron chi connectivity index (χ4n) is 3.38. The molecule has 1 aliphatic heterocycles. The van der Waals surface area contributed by atoms with E-state index in [-0.39, 0.29) is 0 Å². The Hall–Kier alpha value is -3.06. The highest BCUT2D eigenvalue weighted by Gasteiger charge is 2.13. The molecule has 0 spiro atoms. The van der Waals surface area contributed by atoms with Crippen LogP contribution in [0.15, 0.2) is 42.5 Å². The molecule has 4 rings (SSSR count). The van der Waals surface area contributed by atoms with Crippen LogP contribution in [0.4, 0.5) is 5.69 Å². The molecule has 1 fully saturated rings. The van der Waals surface area contributed by atoms with E-state index >= 15 is 0 Å². The lowest BCUT2D eigenvalue weighted by Gasteiger charge is -2.18. The minimum absolute atomic E-state index is 0.549. The fourth-order valence-corrected chi connectivity index (χ4v) is 3.38. The van der Waals surface area contributed by atoms with Crippen molar-refractivity contribution < 1.29 is 0 Å². The number of hydrogen-bond donors (Lipinski definition) is 1. The molecule has 25 heavy (non-hydrogen) atoms. The Morgan fingerprint density at radius 1 is 1.20 bits per heavy atom. The average molecular weight is 328 g/mol. The minimum atomic E-state index is 0.549. The Balaban J connectivity index is 1.69. The quantitative estimate of drug-likeness (QED) is 0.718. The molecule has 0 amide bonds.